The molecule has 0 saturated heterocycles. The third-order valence-corrected chi connectivity index (χ3v) is 1.99. The SMILES string of the molecule is Cc1c(C#N)ccc(OC(F)(F)F)c1C(=O)O. The second-order valence-corrected chi connectivity index (χ2v) is 3.08. The Hall–Kier alpha value is -2.23. The molecule has 1 aromatic rings. The van der Waals surface area contributed by atoms with Crippen LogP contribution in [-0.4, -0.2) is 17.4 Å². The minimum Gasteiger partial charge on any atom is -0.478 e. The number of ether oxygens (including phenoxy) is 1. The van der Waals surface area contributed by atoms with E-state index in [1.165, 1.54) is 6.92 Å². The lowest BCUT2D eigenvalue weighted by atomic mass is 10.0. The van der Waals surface area contributed by atoms with E-state index in [-0.39, 0.29) is 11.1 Å². The Morgan fingerprint density at radius 1 is 1.47 bits per heavy atom. The Kier molecular flexibility index (Phi) is 3.27. The number of aromatic carboxylic acids is 1. The minimum absolute atomic E-state index is 0.0167. The van der Waals surface area contributed by atoms with Crippen LogP contribution in [0, 0.1) is 18.3 Å². The highest BCUT2D eigenvalue weighted by Crippen LogP contribution is 2.30. The molecule has 0 amide bonds. The number of carbonyl (C=O) groups is 1. The van der Waals surface area contributed by atoms with Gasteiger partial charge in [0.05, 0.1) is 11.6 Å². The molecule has 0 fully saturated rings. The molecule has 1 rings (SSSR count). The predicted octanol–water partition coefficient (Wildman–Crippen LogP) is 2.46. The monoisotopic (exact) mass is 245 g/mol. The van der Waals surface area contributed by atoms with Gasteiger partial charge in [0.25, 0.3) is 0 Å². The van der Waals surface area contributed by atoms with E-state index in [0.717, 1.165) is 12.1 Å². The van der Waals surface area contributed by atoms with Gasteiger partial charge in [0.1, 0.15) is 11.3 Å². The van der Waals surface area contributed by atoms with Crippen LogP contribution in [-0.2, 0) is 0 Å². The van der Waals surface area contributed by atoms with Gasteiger partial charge in [-0.25, -0.2) is 4.79 Å². The number of nitrogens with zero attached hydrogens (tertiary/aromatic N) is 1. The van der Waals surface area contributed by atoms with Crippen LogP contribution in [0.25, 0.3) is 0 Å². The van der Waals surface area contributed by atoms with Gasteiger partial charge < -0.3 is 9.84 Å². The molecule has 4 nitrogen and oxygen atoms in total. The van der Waals surface area contributed by atoms with Crippen LogP contribution in [0.4, 0.5) is 13.2 Å². The van der Waals surface area contributed by atoms with E-state index in [0.29, 0.717) is 0 Å². The maximum absolute atomic E-state index is 12.0. The number of hydrogen-bond donors (Lipinski definition) is 1. The first-order chi connectivity index (χ1) is 7.76. The third-order valence-electron chi connectivity index (χ3n) is 1.99. The number of nitriles is 1. The molecule has 0 radical (unpaired) electrons. The van der Waals surface area contributed by atoms with E-state index < -0.39 is 23.6 Å². The first kappa shape index (κ1) is 12.8. The molecule has 0 aliphatic carbocycles. The summed E-state index contributed by atoms with van der Waals surface area (Å²) in [7, 11) is 0. The molecule has 0 bridgehead atoms. The van der Waals surface area contributed by atoms with Gasteiger partial charge in [-0.1, -0.05) is 0 Å². The fourth-order valence-corrected chi connectivity index (χ4v) is 1.28. The molecule has 7 heteroatoms. The Labute approximate surface area is 93.8 Å². The van der Waals surface area contributed by atoms with E-state index in [9.17, 15) is 18.0 Å². The summed E-state index contributed by atoms with van der Waals surface area (Å²) in [5.74, 6) is -2.42. The molecule has 0 aromatic heterocycles. The van der Waals surface area contributed by atoms with Crippen molar-refractivity contribution in [3.05, 3.63) is 28.8 Å². The second kappa shape index (κ2) is 4.33. The van der Waals surface area contributed by atoms with Crippen molar-refractivity contribution in [1.29, 1.82) is 5.26 Å². The fraction of sp³-hybridized carbons (Fsp3) is 0.200. The van der Waals surface area contributed by atoms with Gasteiger partial charge >= 0.3 is 12.3 Å². The average molecular weight is 245 g/mol. The highest BCUT2D eigenvalue weighted by molar-refractivity contribution is 5.93. The van der Waals surface area contributed by atoms with Gasteiger partial charge in [-0.2, -0.15) is 5.26 Å². The third kappa shape index (κ3) is 2.87. The first-order valence-corrected chi connectivity index (χ1v) is 4.29. The molecule has 0 atom stereocenters. The molecule has 1 N–H and O–H groups in total. The van der Waals surface area contributed by atoms with Crippen LogP contribution >= 0.6 is 0 Å². The topological polar surface area (TPSA) is 70.3 Å². The van der Waals surface area contributed by atoms with Crippen molar-refractivity contribution in [1.82, 2.24) is 0 Å². The molecule has 0 saturated carbocycles. The second-order valence-electron chi connectivity index (χ2n) is 3.08. The maximum atomic E-state index is 12.0. The standard InChI is InChI=1S/C10H6F3NO3/c1-5-6(4-14)2-3-7(8(5)9(15)16)17-10(11,12)13/h2-3H,1H3,(H,15,16). The summed E-state index contributed by atoms with van der Waals surface area (Å²) in [4.78, 5) is 10.8. The molecule has 0 aliphatic heterocycles. The molecular formula is C10H6F3NO3. The number of halogens is 3. The smallest absolute Gasteiger partial charge is 0.478 e. The zero-order chi connectivity index (χ0) is 13.2. The van der Waals surface area contributed by atoms with Crippen LogP contribution in [0.5, 0.6) is 5.75 Å². The van der Waals surface area contributed by atoms with Gasteiger partial charge in [-0.15, -0.1) is 13.2 Å². The summed E-state index contributed by atoms with van der Waals surface area (Å²) < 4.78 is 39.6. The van der Waals surface area contributed by atoms with Crippen molar-refractivity contribution in [2.75, 3.05) is 0 Å². The Balaban J connectivity index is 3.38. The number of hydrogen-bond acceptors (Lipinski definition) is 3. The molecule has 17 heavy (non-hydrogen) atoms. The average Bonchev–Trinajstić information content (AvgIpc) is 2.14. The molecule has 0 heterocycles. The van der Waals surface area contributed by atoms with Gasteiger partial charge in [-0.3, -0.25) is 0 Å². The van der Waals surface area contributed by atoms with Crippen LogP contribution in [0.2, 0.25) is 0 Å². The van der Waals surface area contributed by atoms with Crippen molar-refractivity contribution in [3.63, 3.8) is 0 Å². The van der Waals surface area contributed by atoms with Crippen molar-refractivity contribution in [3.8, 4) is 11.8 Å². The van der Waals surface area contributed by atoms with E-state index in [2.05, 4.69) is 4.74 Å². The molecule has 0 aliphatic rings. The zero-order valence-electron chi connectivity index (χ0n) is 8.50. The lowest BCUT2D eigenvalue weighted by Gasteiger charge is -2.13. The quantitative estimate of drug-likeness (QED) is 0.868. The first-order valence-electron chi connectivity index (χ1n) is 4.29. The maximum Gasteiger partial charge on any atom is 0.573 e. The molecule has 1 aromatic carbocycles. The summed E-state index contributed by atoms with van der Waals surface area (Å²) in [5.41, 5.74) is -0.750. The number of benzene rings is 1. The summed E-state index contributed by atoms with van der Waals surface area (Å²) in [6.07, 6.45) is -4.98. The summed E-state index contributed by atoms with van der Waals surface area (Å²) >= 11 is 0. The van der Waals surface area contributed by atoms with Gasteiger partial charge in [0.2, 0.25) is 0 Å². The van der Waals surface area contributed by atoms with Gasteiger partial charge in [0.15, 0.2) is 0 Å². The predicted molar refractivity (Wildman–Crippen MR) is 49.5 cm³/mol. The normalized spacial score (nSPS) is 10.8. The summed E-state index contributed by atoms with van der Waals surface area (Å²) in [6, 6.07) is 3.56. The van der Waals surface area contributed by atoms with Crippen molar-refractivity contribution in [2.45, 2.75) is 13.3 Å². The lowest BCUT2D eigenvalue weighted by molar-refractivity contribution is -0.274. The lowest BCUT2D eigenvalue weighted by Crippen LogP contribution is -2.19. The highest BCUT2D eigenvalue weighted by Gasteiger charge is 2.33. The summed E-state index contributed by atoms with van der Waals surface area (Å²) in [6.45, 7) is 1.24. The van der Waals surface area contributed by atoms with Crippen molar-refractivity contribution >= 4 is 5.97 Å². The van der Waals surface area contributed by atoms with E-state index >= 15 is 0 Å². The number of carboxylic acids is 1. The fourth-order valence-electron chi connectivity index (χ4n) is 1.28. The van der Waals surface area contributed by atoms with Crippen LogP contribution in [0.1, 0.15) is 21.5 Å². The minimum atomic E-state index is -4.98. The zero-order valence-corrected chi connectivity index (χ0v) is 8.50. The Morgan fingerprint density at radius 3 is 2.47 bits per heavy atom. The molecule has 90 valence electrons. The molecule has 0 spiro atoms. The van der Waals surface area contributed by atoms with E-state index in [1.807, 2.05) is 0 Å². The molecule has 0 unspecified atom stereocenters. The van der Waals surface area contributed by atoms with Crippen LogP contribution < -0.4 is 4.74 Å². The highest BCUT2D eigenvalue weighted by atomic mass is 19.4. The number of alkyl halides is 3. The van der Waals surface area contributed by atoms with E-state index in [1.54, 1.807) is 6.07 Å². The number of rotatable bonds is 2. The summed E-state index contributed by atoms with van der Waals surface area (Å²) in [5, 5.41) is 17.4. The van der Waals surface area contributed by atoms with Crippen LogP contribution in [0.15, 0.2) is 12.1 Å². The van der Waals surface area contributed by atoms with Crippen molar-refractivity contribution < 1.29 is 27.8 Å². The van der Waals surface area contributed by atoms with Crippen molar-refractivity contribution in [2.24, 2.45) is 0 Å². The van der Waals surface area contributed by atoms with Gasteiger partial charge in [-0.05, 0) is 24.6 Å². The Bertz CT molecular complexity index is 503. The molecular weight excluding hydrogens is 239 g/mol. The van der Waals surface area contributed by atoms with E-state index in [4.69, 9.17) is 10.4 Å². The Morgan fingerprint density at radius 2 is 2.06 bits per heavy atom. The largest absolute Gasteiger partial charge is 0.573 e. The number of carboxylic acid groups (broad SMARTS) is 1. The van der Waals surface area contributed by atoms with Crippen LogP contribution in [0.3, 0.4) is 0 Å². The van der Waals surface area contributed by atoms with Gasteiger partial charge in [0, 0.05) is 0 Å².